The lowest BCUT2D eigenvalue weighted by molar-refractivity contribution is -0.384. The molecule has 2 aromatic carbocycles. The molecule has 0 saturated heterocycles. The number of thioether (sulfide) groups is 1. The minimum Gasteiger partial charge on any atom is -0.344 e. The standard InChI is InChI=1S/C19H14N4O4S/c1-2-11-20-17(24)12-28-19-21-16-6-4-3-5-15(16)18(25)22(19)13-7-9-14(10-8-13)23(26)27/h1,3-10H,11-12H2,(H,20,24). The third-order valence-electron chi connectivity index (χ3n) is 3.78. The molecule has 0 atom stereocenters. The number of aromatic nitrogens is 2. The Balaban J connectivity index is 2.06. The van der Waals surface area contributed by atoms with Crippen molar-refractivity contribution < 1.29 is 9.72 Å². The zero-order valence-electron chi connectivity index (χ0n) is 14.5. The van der Waals surface area contributed by atoms with Crippen LogP contribution in [0.25, 0.3) is 16.6 Å². The number of carbonyl (C=O) groups excluding carboxylic acids is 1. The van der Waals surface area contributed by atoms with E-state index in [9.17, 15) is 19.7 Å². The number of para-hydroxylation sites is 1. The second-order valence-electron chi connectivity index (χ2n) is 5.60. The summed E-state index contributed by atoms with van der Waals surface area (Å²) in [5, 5.41) is 14.1. The Morgan fingerprint density at radius 1 is 1.25 bits per heavy atom. The fourth-order valence-electron chi connectivity index (χ4n) is 2.49. The number of nitro groups is 1. The molecule has 1 amide bonds. The van der Waals surface area contributed by atoms with Gasteiger partial charge in [0.25, 0.3) is 11.2 Å². The van der Waals surface area contributed by atoms with Crippen LogP contribution in [0.15, 0.2) is 58.5 Å². The lowest BCUT2D eigenvalue weighted by Gasteiger charge is -2.13. The number of hydrogen-bond donors (Lipinski definition) is 1. The Morgan fingerprint density at radius 2 is 1.96 bits per heavy atom. The molecule has 0 aliphatic heterocycles. The maximum Gasteiger partial charge on any atom is 0.269 e. The Labute approximate surface area is 163 Å². The molecule has 0 unspecified atom stereocenters. The average molecular weight is 394 g/mol. The lowest BCUT2D eigenvalue weighted by Crippen LogP contribution is -2.26. The first-order valence-corrected chi connectivity index (χ1v) is 9.09. The summed E-state index contributed by atoms with van der Waals surface area (Å²) in [4.78, 5) is 39.8. The summed E-state index contributed by atoms with van der Waals surface area (Å²) in [6.45, 7) is 0.111. The van der Waals surface area contributed by atoms with Crippen LogP contribution in [0.1, 0.15) is 0 Å². The Hall–Kier alpha value is -3.64. The van der Waals surface area contributed by atoms with E-state index < -0.39 is 4.92 Å². The number of benzene rings is 2. The number of nitrogens with one attached hydrogen (secondary N) is 1. The van der Waals surface area contributed by atoms with Crippen LogP contribution < -0.4 is 10.9 Å². The highest BCUT2D eigenvalue weighted by atomic mass is 32.2. The van der Waals surface area contributed by atoms with Gasteiger partial charge in [-0.2, -0.15) is 0 Å². The number of carbonyl (C=O) groups is 1. The van der Waals surface area contributed by atoms with Crippen molar-refractivity contribution in [2.24, 2.45) is 0 Å². The van der Waals surface area contributed by atoms with E-state index in [-0.39, 0.29) is 29.5 Å². The van der Waals surface area contributed by atoms with Gasteiger partial charge in [0.05, 0.1) is 33.8 Å². The summed E-state index contributed by atoms with van der Waals surface area (Å²) in [5.74, 6) is 2.04. The lowest BCUT2D eigenvalue weighted by atomic mass is 10.2. The number of hydrogen-bond acceptors (Lipinski definition) is 6. The minimum atomic E-state index is -0.517. The third kappa shape index (κ3) is 4.02. The number of fused-ring (bicyclic) bond motifs is 1. The molecule has 1 aromatic heterocycles. The van der Waals surface area contributed by atoms with Gasteiger partial charge in [-0.25, -0.2) is 4.98 Å². The molecule has 0 saturated carbocycles. The topological polar surface area (TPSA) is 107 Å². The summed E-state index contributed by atoms with van der Waals surface area (Å²) in [6.07, 6.45) is 5.12. The molecular formula is C19H14N4O4S. The second-order valence-corrected chi connectivity index (χ2v) is 6.54. The maximum atomic E-state index is 13.0. The highest BCUT2D eigenvalue weighted by molar-refractivity contribution is 7.99. The van der Waals surface area contributed by atoms with Crippen LogP contribution in [-0.2, 0) is 4.79 Å². The predicted octanol–water partition coefficient (Wildman–Crippen LogP) is 2.14. The Morgan fingerprint density at radius 3 is 2.64 bits per heavy atom. The quantitative estimate of drug-likeness (QED) is 0.226. The predicted molar refractivity (Wildman–Crippen MR) is 107 cm³/mol. The smallest absolute Gasteiger partial charge is 0.269 e. The zero-order valence-corrected chi connectivity index (χ0v) is 15.3. The van der Waals surface area contributed by atoms with Gasteiger partial charge in [0.15, 0.2) is 5.16 Å². The van der Waals surface area contributed by atoms with Gasteiger partial charge in [-0.05, 0) is 24.3 Å². The van der Waals surface area contributed by atoms with Crippen LogP contribution in [0.4, 0.5) is 5.69 Å². The SMILES string of the molecule is C#CCNC(=O)CSc1nc2ccccc2c(=O)n1-c1ccc([N+](=O)[O-])cc1. The maximum absolute atomic E-state index is 13.0. The minimum absolute atomic E-state index is 0.0133. The van der Waals surface area contributed by atoms with Gasteiger partial charge in [-0.15, -0.1) is 6.42 Å². The van der Waals surface area contributed by atoms with Gasteiger partial charge in [0.1, 0.15) is 0 Å². The third-order valence-corrected chi connectivity index (χ3v) is 4.72. The monoisotopic (exact) mass is 394 g/mol. The molecule has 0 spiro atoms. The summed E-state index contributed by atoms with van der Waals surface area (Å²) in [7, 11) is 0. The van der Waals surface area contributed by atoms with Crippen molar-refractivity contribution in [1.82, 2.24) is 14.9 Å². The van der Waals surface area contributed by atoms with E-state index in [0.717, 1.165) is 11.8 Å². The van der Waals surface area contributed by atoms with Gasteiger partial charge >= 0.3 is 0 Å². The fraction of sp³-hybridized carbons (Fsp3) is 0.105. The molecule has 0 radical (unpaired) electrons. The van der Waals surface area contributed by atoms with Crippen molar-refractivity contribution >= 4 is 34.3 Å². The molecule has 0 fully saturated rings. The van der Waals surface area contributed by atoms with E-state index in [1.807, 2.05) is 0 Å². The molecule has 140 valence electrons. The van der Waals surface area contributed by atoms with E-state index >= 15 is 0 Å². The highest BCUT2D eigenvalue weighted by Crippen LogP contribution is 2.22. The van der Waals surface area contributed by atoms with Crippen LogP contribution >= 0.6 is 11.8 Å². The molecule has 9 heteroatoms. The normalized spacial score (nSPS) is 10.4. The first-order valence-electron chi connectivity index (χ1n) is 8.11. The van der Waals surface area contributed by atoms with Crippen molar-refractivity contribution in [3.63, 3.8) is 0 Å². The van der Waals surface area contributed by atoms with E-state index in [0.29, 0.717) is 21.7 Å². The molecule has 1 heterocycles. The van der Waals surface area contributed by atoms with Gasteiger partial charge in [0.2, 0.25) is 5.91 Å². The van der Waals surface area contributed by atoms with Crippen LogP contribution in [0, 0.1) is 22.5 Å². The van der Waals surface area contributed by atoms with Gasteiger partial charge < -0.3 is 5.32 Å². The highest BCUT2D eigenvalue weighted by Gasteiger charge is 2.15. The van der Waals surface area contributed by atoms with Crippen LogP contribution in [0.5, 0.6) is 0 Å². The van der Waals surface area contributed by atoms with Gasteiger partial charge in [0, 0.05) is 12.1 Å². The summed E-state index contributed by atoms with van der Waals surface area (Å²) < 4.78 is 1.34. The average Bonchev–Trinajstić information content (AvgIpc) is 2.71. The number of non-ortho nitro benzene ring substituents is 1. The summed E-state index contributed by atoms with van der Waals surface area (Å²) in [5.41, 5.74) is 0.497. The molecular weight excluding hydrogens is 380 g/mol. The van der Waals surface area contributed by atoms with Crippen molar-refractivity contribution in [2.45, 2.75) is 5.16 Å². The molecule has 28 heavy (non-hydrogen) atoms. The summed E-state index contributed by atoms with van der Waals surface area (Å²) in [6, 6.07) is 12.4. The van der Waals surface area contributed by atoms with Gasteiger partial charge in [-0.3, -0.25) is 24.3 Å². The van der Waals surface area contributed by atoms with Crippen molar-refractivity contribution in [3.8, 4) is 18.0 Å². The fourth-order valence-corrected chi connectivity index (χ4v) is 3.33. The second kappa shape index (κ2) is 8.37. The van der Waals surface area contributed by atoms with Crippen LogP contribution in [0.2, 0.25) is 0 Å². The molecule has 1 N–H and O–H groups in total. The van der Waals surface area contributed by atoms with E-state index in [2.05, 4.69) is 16.2 Å². The first kappa shape index (κ1) is 19.1. The molecule has 0 bridgehead atoms. The molecule has 8 nitrogen and oxygen atoms in total. The Bertz CT molecular complexity index is 1150. The number of rotatable bonds is 6. The van der Waals surface area contributed by atoms with Crippen molar-refractivity contribution in [1.29, 1.82) is 0 Å². The van der Waals surface area contributed by atoms with Crippen molar-refractivity contribution in [3.05, 3.63) is 69.0 Å². The van der Waals surface area contributed by atoms with Crippen LogP contribution in [-0.4, -0.2) is 32.7 Å². The van der Waals surface area contributed by atoms with Crippen LogP contribution in [0.3, 0.4) is 0 Å². The van der Waals surface area contributed by atoms with Crippen molar-refractivity contribution in [2.75, 3.05) is 12.3 Å². The number of amides is 1. The largest absolute Gasteiger partial charge is 0.344 e. The Kier molecular flexibility index (Phi) is 5.72. The molecule has 3 rings (SSSR count). The van der Waals surface area contributed by atoms with E-state index in [1.54, 1.807) is 24.3 Å². The molecule has 0 aliphatic carbocycles. The summed E-state index contributed by atoms with van der Waals surface area (Å²) >= 11 is 1.08. The first-order chi connectivity index (χ1) is 13.5. The number of terminal acetylenes is 1. The molecule has 3 aromatic rings. The number of nitrogens with zero attached hydrogens (tertiary/aromatic N) is 3. The van der Waals surface area contributed by atoms with E-state index in [1.165, 1.54) is 28.8 Å². The zero-order chi connectivity index (χ0) is 20.1. The molecule has 0 aliphatic rings. The van der Waals surface area contributed by atoms with Gasteiger partial charge in [-0.1, -0.05) is 29.8 Å². The van der Waals surface area contributed by atoms with E-state index in [4.69, 9.17) is 6.42 Å². The number of nitro benzene ring substituents is 1.